The molecule has 6 nitrogen and oxygen atoms in total. The van der Waals surface area contributed by atoms with Crippen LogP contribution in [-0.2, 0) is 10.0 Å². The predicted octanol–water partition coefficient (Wildman–Crippen LogP) is -2.96. The second-order valence-corrected chi connectivity index (χ2v) is 6.14. The summed E-state index contributed by atoms with van der Waals surface area (Å²) in [6, 6.07) is 4.27. The van der Waals surface area contributed by atoms with Crippen LogP contribution in [0.3, 0.4) is 0 Å². The standard InChI is InChI=1S/C9H8N2O4S2.Na/c1-17(14,15)11-9-10-6-3-2-5(8(12)13)4-7(6)16-9;/h2-4H,1H3,(H,10,11)(H,12,13);/q;+1/p-1. The first kappa shape index (κ1) is 15.4. The fourth-order valence-corrected chi connectivity index (χ4v) is 2.99. The van der Waals surface area contributed by atoms with E-state index in [9.17, 15) is 18.3 Å². The zero-order valence-electron chi connectivity index (χ0n) is 9.63. The van der Waals surface area contributed by atoms with E-state index in [0.29, 0.717) is 10.2 Å². The first-order valence-corrected chi connectivity index (χ1v) is 7.16. The van der Waals surface area contributed by atoms with E-state index in [4.69, 9.17) is 0 Å². The van der Waals surface area contributed by atoms with E-state index in [2.05, 4.69) is 9.71 Å². The Balaban J connectivity index is 0.00000162. The number of anilines is 1. The molecular formula is C9H7N2NaO4S2. The van der Waals surface area contributed by atoms with Crippen molar-refractivity contribution >= 4 is 42.7 Å². The van der Waals surface area contributed by atoms with Crippen molar-refractivity contribution in [2.75, 3.05) is 11.0 Å². The van der Waals surface area contributed by atoms with Gasteiger partial charge in [0.1, 0.15) is 0 Å². The molecule has 0 saturated carbocycles. The monoisotopic (exact) mass is 294 g/mol. The summed E-state index contributed by atoms with van der Waals surface area (Å²) in [6.45, 7) is 0. The molecule has 0 unspecified atom stereocenters. The minimum Gasteiger partial charge on any atom is -0.545 e. The van der Waals surface area contributed by atoms with Crippen LogP contribution in [0, 0.1) is 0 Å². The largest absolute Gasteiger partial charge is 1.00 e. The number of thiazole rings is 1. The number of rotatable bonds is 3. The van der Waals surface area contributed by atoms with Crippen LogP contribution in [0.4, 0.5) is 5.13 Å². The zero-order chi connectivity index (χ0) is 12.6. The minimum atomic E-state index is -3.38. The summed E-state index contributed by atoms with van der Waals surface area (Å²) in [4.78, 5) is 14.7. The molecule has 0 saturated heterocycles. The van der Waals surface area contributed by atoms with Crippen LogP contribution < -0.4 is 39.4 Å². The molecule has 0 radical (unpaired) electrons. The molecule has 0 fully saturated rings. The Hall–Kier alpha value is -0.670. The summed E-state index contributed by atoms with van der Waals surface area (Å²) in [6.07, 6.45) is 1.02. The summed E-state index contributed by atoms with van der Waals surface area (Å²) in [7, 11) is -3.38. The SMILES string of the molecule is CS(=O)(=O)Nc1nc2ccc(C(=O)[O-])cc2s1.[Na+]. The number of carbonyl (C=O) groups is 1. The van der Waals surface area contributed by atoms with Gasteiger partial charge in [-0.25, -0.2) is 13.4 Å². The Labute approximate surface area is 129 Å². The number of hydrogen-bond donors (Lipinski definition) is 1. The molecule has 18 heavy (non-hydrogen) atoms. The maximum Gasteiger partial charge on any atom is 1.00 e. The van der Waals surface area contributed by atoms with E-state index in [0.717, 1.165) is 17.6 Å². The number of carboxylic acids is 1. The fourth-order valence-electron chi connectivity index (χ4n) is 1.25. The Morgan fingerprint density at radius 3 is 2.67 bits per heavy atom. The quantitative estimate of drug-likeness (QED) is 0.610. The van der Waals surface area contributed by atoms with Gasteiger partial charge in [0.2, 0.25) is 10.0 Å². The molecule has 1 heterocycles. The van der Waals surface area contributed by atoms with Gasteiger partial charge in [-0.2, -0.15) is 0 Å². The van der Waals surface area contributed by atoms with Crippen molar-refractivity contribution in [2.45, 2.75) is 0 Å². The van der Waals surface area contributed by atoms with E-state index in [1.807, 2.05) is 0 Å². The van der Waals surface area contributed by atoms with E-state index in [1.165, 1.54) is 18.2 Å². The molecule has 0 aliphatic heterocycles. The summed E-state index contributed by atoms with van der Waals surface area (Å²) in [5.41, 5.74) is 0.568. The Kier molecular flexibility index (Phi) is 4.73. The summed E-state index contributed by atoms with van der Waals surface area (Å²) in [5.74, 6) is -1.28. The van der Waals surface area contributed by atoms with Gasteiger partial charge in [-0.15, -0.1) is 0 Å². The molecule has 9 heteroatoms. The first-order valence-electron chi connectivity index (χ1n) is 4.45. The van der Waals surface area contributed by atoms with E-state index in [-0.39, 0.29) is 40.3 Å². The molecule has 0 bridgehead atoms. The smallest absolute Gasteiger partial charge is 0.545 e. The molecule has 90 valence electrons. The van der Waals surface area contributed by atoms with Crippen molar-refractivity contribution in [3.8, 4) is 0 Å². The first-order chi connectivity index (χ1) is 7.85. The molecular weight excluding hydrogens is 287 g/mol. The maximum atomic E-state index is 11.0. The topological polar surface area (TPSA) is 99.2 Å². The van der Waals surface area contributed by atoms with Gasteiger partial charge in [-0.1, -0.05) is 17.4 Å². The number of carbonyl (C=O) groups excluding carboxylic acids is 1. The fraction of sp³-hybridized carbons (Fsp3) is 0.111. The number of aromatic carboxylic acids is 1. The molecule has 2 rings (SSSR count). The molecule has 1 N–H and O–H groups in total. The van der Waals surface area contributed by atoms with Crippen LogP contribution in [0.1, 0.15) is 10.4 Å². The van der Waals surface area contributed by atoms with Gasteiger partial charge < -0.3 is 9.90 Å². The summed E-state index contributed by atoms with van der Waals surface area (Å²) in [5, 5.41) is 10.8. The molecule has 0 aliphatic carbocycles. The van der Waals surface area contributed by atoms with Crippen molar-refractivity contribution in [3.63, 3.8) is 0 Å². The molecule has 0 amide bonds. The molecule has 2 aromatic rings. The van der Waals surface area contributed by atoms with Gasteiger partial charge in [-0.3, -0.25) is 4.72 Å². The van der Waals surface area contributed by atoms with Gasteiger partial charge in [0, 0.05) is 0 Å². The number of benzene rings is 1. The van der Waals surface area contributed by atoms with Crippen LogP contribution in [0.15, 0.2) is 18.2 Å². The summed E-state index contributed by atoms with van der Waals surface area (Å²) >= 11 is 1.06. The van der Waals surface area contributed by atoms with Gasteiger partial charge in [0.05, 0.1) is 22.4 Å². The molecule has 1 aromatic heterocycles. The van der Waals surface area contributed by atoms with Crippen LogP contribution in [0.2, 0.25) is 0 Å². The zero-order valence-corrected chi connectivity index (χ0v) is 13.3. The van der Waals surface area contributed by atoms with Crippen molar-refractivity contribution in [1.29, 1.82) is 0 Å². The van der Waals surface area contributed by atoms with Crippen LogP contribution in [0.5, 0.6) is 0 Å². The van der Waals surface area contributed by atoms with Crippen LogP contribution >= 0.6 is 11.3 Å². The van der Waals surface area contributed by atoms with Gasteiger partial charge in [-0.05, 0) is 17.7 Å². The van der Waals surface area contributed by atoms with Gasteiger partial charge in [0.15, 0.2) is 5.13 Å². The van der Waals surface area contributed by atoms with Crippen molar-refractivity contribution in [1.82, 2.24) is 4.98 Å². The Bertz CT molecular complexity index is 696. The van der Waals surface area contributed by atoms with Crippen LogP contribution in [0.25, 0.3) is 10.2 Å². The van der Waals surface area contributed by atoms with Crippen molar-refractivity contribution in [3.05, 3.63) is 23.8 Å². The molecule has 0 spiro atoms. The second kappa shape index (κ2) is 5.54. The minimum absolute atomic E-state index is 0. The van der Waals surface area contributed by atoms with E-state index >= 15 is 0 Å². The number of fused-ring (bicyclic) bond motifs is 1. The number of nitrogens with zero attached hydrogens (tertiary/aromatic N) is 1. The average molecular weight is 294 g/mol. The normalized spacial score (nSPS) is 10.9. The predicted molar refractivity (Wildman–Crippen MR) is 62.4 cm³/mol. The number of sulfonamides is 1. The second-order valence-electron chi connectivity index (χ2n) is 3.36. The van der Waals surface area contributed by atoms with Gasteiger partial charge in [0.25, 0.3) is 0 Å². The van der Waals surface area contributed by atoms with Crippen LogP contribution in [-0.4, -0.2) is 25.6 Å². The van der Waals surface area contributed by atoms with E-state index in [1.54, 1.807) is 0 Å². The number of carboxylic acid groups (broad SMARTS) is 1. The van der Waals surface area contributed by atoms with E-state index < -0.39 is 16.0 Å². The van der Waals surface area contributed by atoms with Gasteiger partial charge >= 0.3 is 29.6 Å². The Morgan fingerprint density at radius 2 is 2.11 bits per heavy atom. The van der Waals surface area contributed by atoms with Crippen molar-refractivity contribution < 1.29 is 47.9 Å². The average Bonchev–Trinajstić information content (AvgIpc) is 2.54. The van der Waals surface area contributed by atoms with Crippen molar-refractivity contribution in [2.24, 2.45) is 0 Å². The third kappa shape index (κ3) is 3.66. The Morgan fingerprint density at radius 1 is 1.44 bits per heavy atom. The number of aromatic nitrogens is 1. The maximum absolute atomic E-state index is 11.0. The third-order valence-electron chi connectivity index (χ3n) is 1.90. The summed E-state index contributed by atoms with van der Waals surface area (Å²) < 4.78 is 24.8. The number of nitrogens with one attached hydrogen (secondary N) is 1. The molecule has 0 atom stereocenters. The molecule has 0 aliphatic rings. The third-order valence-corrected chi connectivity index (χ3v) is 3.52. The number of hydrogen-bond acceptors (Lipinski definition) is 6. The molecule has 1 aromatic carbocycles.